The number of aryl methyl sites for hydroxylation is 1. The van der Waals surface area contributed by atoms with Crippen LogP contribution in [0, 0.1) is 17.8 Å². The van der Waals surface area contributed by atoms with Crippen molar-refractivity contribution in [3.05, 3.63) is 29.3 Å². The second-order valence-electron chi connectivity index (χ2n) is 7.38. The van der Waals surface area contributed by atoms with Gasteiger partial charge in [-0.25, -0.2) is 0 Å². The van der Waals surface area contributed by atoms with Crippen molar-refractivity contribution < 1.29 is 9.84 Å². The number of hydrogen-bond donors (Lipinski definition) is 1. The monoisotopic (exact) mass is 288 g/mol. The predicted octanol–water partition coefficient (Wildman–Crippen LogP) is 3.99. The van der Waals surface area contributed by atoms with E-state index in [1.54, 1.807) is 7.11 Å². The summed E-state index contributed by atoms with van der Waals surface area (Å²) in [4.78, 5) is 0. The number of aliphatic hydroxyl groups is 1. The van der Waals surface area contributed by atoms with Crippen molar-refractivity contribution in [1.29, 1.82) is 0 Å². The van der Waals surface area contributed by atoms with Gasteiger partial charge in [-0.15, -0.1) is 0 Å². The molecule has 0 aliphatic heterocycles. The summed E-state index contributed by atoms with van der Waals surface area (Å²) in [6, 6.07) is 6.32. The molecule has 1 fully saturated rings. The Morgan fingerprint density at radius 3 is 2.67 bits per heavy atom. The van der Waals surface area contributed by atoms with E-state index in [-0.39, 0.29) is 0 Å². The van der Waals surface area contributed by atoms with Crippen LogP contribution in [0.1, 0.15) is 50.7 Å². The van der Waals surface area contributed by atoms with E-state index >= 15 is 0 Å². The van der Waals surface area contributed by atoms with Crippen molar-refractivity contribution >= 4 is 0 Å². The normalized spacial score (nSPS) is 36.1. The van der Waals surface area contributed by atoms with Gasteiger partial charge in [0.2, 0.25) is 0 Å². The van der Waals surface area contributed by atoms with Crippen LogP contribution in [0.5, 0.6) is 5.75 Å². The van der Waals surface area contributed by atoms with Crippen molar-refractivity contribution in [2.24, 2.45) is 17.8 Å². The molecule has 116 valence electrons. The topological polar surface area (TPSA) is 29.5 Å². The summed E-state index contributed by atoms with van der Waals surface area (Å²) in [6.07, 6.45) is 6.33. The van der Waals surface area contributed by atoms with Gasteiger partial charge in [-0.3, -0.25) is 0 Å². The van der Waals surface area contributed by atoms with Crippen molar-refractivity contribution in [2.75, 3.05) is 7.11 Å². The molecule has 2 aliphatic rings. The van der Waals surface area contributed by atoms with E-state index in [2.05, 4.69) is 26.0 Å². The maximum atomic E-state index is 11.3. The summed E-state index contributed by atoms with van der Waals surface area (Å²) in [7, 11) is 1.71. The van der Waals surface area contributed by atoms with E-state index in [1.165, 1.54) is 30.4 Å². The van der Waals surface area contributed by atoms with Crippen molar-refractivity contribution in [2.45, 2.75) is 58.0 Å². The van der Waals surface area contributed by atoms with Gasteiger partial charge < -0.3 is 9.84 Å². The molecule has 0 bridgehead atoms. The Balaban J connectivity index is 1.80. The first-order chi connectivity index (χ1) is 10.0. The second-order valence-corrected chi connectivity index (χ2v) is 7.38. The van der Waals surface area contributed by atoms with Gasteiger partial charge in [-0.05, 0) is 66.7 Å². The molecule has 2 aliphatic carbocycles. The van der Waals surface area contributed by atoms with Gasteiger partial charge >= 0.3 is 0 Å². The summed E-state index contributed by atoms with van der Waals surface area (Å²) in [5.41, 5.74) is 2.17. The molecule has 1 saturated carbocycles. The first-order valence-electron chi connectivity index (χ1n) is 8.40. The largest absolute Gasteiger partial charge is 0.497 e. The van der Waals surface area contributed by atoms with Crippen LogP contribution in [0.15, 0.2) is 18.2 Å². The van der Waals surface area contributed by atoms with Crippen LogP contribution in [0.2, 0.25) is 0 Å². The molecule has 4 atom stereocenters. The zero-order valence-electron chi connectivity index (χ0n) is 13.6. The Hall–Kier alpha value is -1.02. The average Bonchev–Trinajstić information content (AvgIpc) is 2.49. The van der Waals surface area contributed by atoms with E-state index in [4.69, 9.17) is 4.74 Å². The van der Waals surface area contributed by atoms with Crippen LogP contribution in [0.3, 0.4) is 0 Å². The fourth-order valence-corrected chi connectivity index (χ4v) is 4.29. The lowest BCUT2D eigenvalue weighted by Crippen LogP contribution is -2.45. The maximum Gasteiger partial charge on any atom is 0.119 e. The molecule has 2 nitrogen and oxygen atoms in total. The number of fused-ring (bicyclic) bond motifs is 1. The first kappa shape index (κ1) is 14.9. The number of hydrogen-bond acceptors (Lipinski definition) is 2. The molecule has 0 saturated heterocycles. The van der Waals surface area contributed by atoms with Crippen LogP contribution in [0.25, 0.3) is 0 Å². The van der Waals surface area contributed by atoms with Crippen molar-refractivity contribution in [3.8, 4) is 5.75 Å². The number of ether oxygens (including phenoxy) is 1. The molecule has 1 aromatic rings. The first-order valence-corrected chi connectivity index (χ1v) is 8.40. The molecule has 0 spiro atoms. The number of methoxy groups -OCH3 is 1. The summed E-state index contributed by atoms with van der Waals surface area (Å²) in [5.74, 6) is 2.91. The lowest BCUT2D eigenvalue weighted by atomic mass is 9.64. The summed E-state index contributed by atoms with van der Waals surface area (Å²) in [6.45, 7) is 4.70. The molecule has 0 aromatic heterocycles. The van der Waals surface area contributed by atoms with Crippen LogP contribution in [-0.4, -0.2) is 17.8 Å². The minimum absolute atomic E-state index is 0.461. The van der Waals surface area contributed by atoms with E-state index in [9.17, 15) is 5.11 Å². The summed E-state index contributed by atoms with van der Waals surface area (Å²) in [5, 5.41) is 11.3. The maximum absolute atomic E-state index is 11.3. The second kappa shape index (κ2) is 5.64. The van der Waals surface area contributed by atoms with Crippen LogP contribution < -0.4 is 4.74 Å². The fourth-order valence-electron chi connectivity index (χ4n) is 4.29. The Morgan fingerprint density at radius 2 is 1.95 bits per heavy atom. The third-order valence-corrected chi connectivity index (χ3v) is 6.10. The highest BCUT2D eigenvalue weighted by molar-refractivity contribution is 5.38. The van der Waals surface area contributed by atoms with Gasteiger partial charge in [0, 0.05) is 6.42 Å². The van der Waals surface area contributed by atoms with E-state index < -0.39 is 5.60 Å². The molecule has 0 heterocycles. The Labute approximate surface area is 128 Å². The zero-order valence-corrected chi connectivity index (χ0v) is 13.6. The van der Waals surface area contributed by atoms with Gasteiger partial charge in [0.25, 0.3) is 0 Å². The number of rotatable bonds is 2. The van der Waals surface area contributed by atoms with Crippen molar-refractivity contribution in [3.63, 3.8) is 0 Å². The summed E-state index contributed by atoms with van der Waals surface area (Å²) >= 11 is 0. The molecule has 2 heteroatoms. The lowest BCUT2D eigenvalue weighted by molar-refractivity contribution is -0.0568. The zero-order chi connectivity index (χ0) is 15.0. The third-order valence-electron chi connectivity index (χ3n) is 6.10. The molecule has 21 heavy (non-hydrogen) atoms. The van der Waals surface area contributed by atoms with Crippen LogP contribution in [0.4, 0.5) is 0 Å². The average molecular weight is 288 g/mol. The smallest absolute Gasteiger partial charge is 0.119 e. The molecular weight excluding hydrogens is 260 g/mol. The van der Waals surface area contributed by atoms with Gasteiger partial charge in [0.1, 0.15) is 5.75 Å². The predicted molar refractivity (Wildman–Crippen MR) is 85.6 cm³/mol. The molecule has 0 amide bonds. The lowest BCUT2D eigenvalue weighted by Gasteiger charge is -2.44. The van der Waals surface area contributed by atoms with Crippen LogP contribution in [-0.2, 0) is 12.8 Å². The standard InChI is InChI=1S/C19H28O2/c1-13-4-6-17(10-14(13)2)19(20)9-8-15-5-7-18(21-3)11-16(15)12-19/h5,7,11,13-14,17,20H,4,6,8-10,12H2,1-3H3. The highest BCUT2D eigenvalue weighted by Gasteiger charge is 2.42. The molecule has 3 rings (SSSR count). The van der Waals surface area contributed by atoms with Crippen molar-refractivity contribution in [1.82, 2.24) is 0 Å². The highest BCUT2D eigenvalue weighted by atomic mass is 16.5. The van der Waals surface area contributed by atoms with Gasteiger partial charge in [0.05, 0.1) is 12.7 Å². The molecule has 1 N–H and O–H groups in total. The van der Waals surface area contributed by atoms with Crippen LogP contribution >= 0.6 is 0 Å². The van der Waals surface area contributed by atoms with Gasteiger partial charge in [-0.2, -0.15) is 0 Å². The molecular formula is C19H28O2. The Bertz CT molecular complexity index is 510. The highest BCUT2D eigenvalue weighted by Crippen LogP contribution is 2.44. The summed E-state index contributed by atoms with van der Waals surface area (Å²) < 4.78 is 5.34. The fraction of sp³-hybridized carbons (Fsp3) is 0.684. The van der Waals surface area contributed by atoms with E-state index in [0.717, 1.165) is 36.8 Å². The van der Waals surface area contributed by atoms with Gasteiger partial charge in [0.15, 0.2) is 0 Å². The molecule has 0 radical (unpaired) electrons. The minimum Gasteiger partial charge on any atom is -0.497 e. The minimum atomic E-state index is -0.506. The SMILES string of the molecule is COc1ccc2c(c1)CC(O)(C1CCC(C)C(C)C1)CC2. The quantitative estimate of drug-likeness (QED) is 0.891. The molecule has 4 unspecified atom stereocenters. The van der Waals surface area contributed by atoms with Gasteiger partial charge in [-0.1, -0.05) is 26.3 Å². The molecule has 1 aromatic carbocycles. The Kier molecular flexibility index (Phi) is 4.00. The number of benzene rings is 1. The van der Waals surface area contributed by atoms with E-state index in [0.29, 0.717) is 5.92 Å². The third kappa shape index (κ3) is 2.83. The van der Waals surface area contributed by atoms with E-state index in [1.807, 2.05) is 6.07 Å². The Morgan fingerprint density at radius 1 is 1.14 bits per heavy atom.